The Bertz CT molecular complexity index is 743. The first kappa shape index (κ1) is 14.8. The maximum Gasteiger partial charge on any atom is 0.343 e. The molecule has 112 valence electrons. The van der Waals surface area contributed by atoms with Gasteiger partial charge in [0.1, 0.15) is 5.75 Å². The Labute approximate surface area is 136 Å². The Morgan fingerprint density at radius 3 is 2.64 bits per heavy atom. The fraction of sp³-hybridized carbons (Fsp3) is 0.176. The van der Waals surface area contributed by atoms with Crippen molar-refractivity contribution in [3.63, 3.8) is 0 Å². The molecule has 3 rings (SSSR count). The van der Waals surface area contributed by atoms with Crippen LogP contribution >= 0.6 is 15.9 Å². The van der Waals surface area contributed by atoms with Gasteiger partial charge in [0.2, 0.25) is 5.91 Å². The highest BCUT2D eigenvalue weighted by molar-refractivity contribution is 9.10. The number of rotatable bonds is 2. The van der Waals surface area contributed by atoms with E-state index in [-0.39, 0.29) is 5.91 Å². The predicted molar refractivity (Wildman–Crippen MR) is 87.3 cm³/mol. The van der Waals surface area contributed by atoms with Crippen LogP contribution in [0.15, 0.2) is 46.9 Å². The summed E-state index contributed by atoms with van der Waals surface area (Å²) in [6.07, 6.45) is 1.20. The zero-order chi connectivity index (χ0) is 15.7. The monoisotopic (exact) mass is 359 g/mol. The fourth-order valence-corrected chi connectivity index (χ4v) is 2.92. The normalized spacial score (nSPS) is 13.7. The van der Waals surface area contributed by atoms with Crippen LogP contribution in [0.3, 0.4) is 0 Å². The number of ether oxygens (including phenoxy) is 1. The number of benzene rings is 2. The maximum atomic E-state index is 12.2. The SMILES string of the molecule is CN1C(=O)CCc2cc(Br)c(OC(=O)c3ccccc3)cc21. The number of anilines is 1. The van der Waals surface area contributed by atoms with Gasteiger partial charge in [0.25, 0.3) is 0 Å². The van der Waals surface area contributed by atoms with Crippen LogP contribution in [0.2, 0.25) is 0 Å². The molecule has 0 saturated heterocycles. The molecule has 0 radical (unpaired) electrons. The molecule has 0 unspecified atom stereocenters. The molecular formula is C17H14BrNO3. The van der Waals surface area contributed by atoms with Crippen LogP contribution in [0, 0.1) is 0 Å². The summed E-state index contributed by atoms with van der Waals surface area (Å²) in [6.45, 7) is 0. The van der Waals surface area contributed by atoms with Crippen LogP contribution in [0.5, 0.6) is 5.75 Å². The van der Waals surface area contributed by atoms with Gasteiger partial charge >= 0.3 is 5.97 Å². The van der Waals surface area contributed by atoms with Gasteiger partial charge in [-0.1, -0.05) is 18.2 Å². The maximum absolute atomic E-state index is 12.2. The molecule has 0 aromatic heterocycles. The number of carbonyl (C=O) groups is 2. The number of carbonyl (C=O) groups excluding carboxylic acids is 2. The van der Waals surface area contributed by atoms with Crippen LogP contribution < -0.4 is 9.64 Å². The fourth-order valence-electron chi connectivity index (χ4n) is 2.45. The Balaban J connectivity index is 1.92. The first-order valence-electron chi connectivity index (χ1n) is 6.92. The minimum absolute atomic E-state index is 0.0650. The number of amides is 1. The van der Waals surface area contributed by atoms with Crippen molar-refractivity contribution in [2.24, 2.45) is 0 Å². The molecule has 5 heteroatoms. The predicted octanol–water partition coefficient (Wildman–Crippen LogP) is 3.58. The zero-order valence-corrected chi connectivity index (χ0v) is 13.6. The van der Waals surface area contributed by atoms with Crippen molar-refractivity contribution < 1.29 is 14.3 Å². The summed E-state index contributed by atoms with van der Waals surface area (Å²) in [4.78, 5) is 25.6. The highest BCUT2D eigenvalue weighted by Crippen LogP contribution is 2.36. The van der Waals surface area contributed by atoms with Crippen LogP contribution in [0.4, 0.5) is 5.69 Å². The third-order valence-corrected chi connectivity index (χ3v) is 4.31. The quantitative estimate of drug-likeness (QED) is 0.608. The molecule has 0 atom stereocenters. The van der Waals surface area contributed by atoms with Crippen molar-refractivity contribution in [1.29, 1.82) is 0 Å². The second-order valence-corrected chi connectivity index (χ2v) is 5.97. The molecule has 2 aromatic carbocycles. The first-order valence-corrected chi connectivity index (χ1v) is 7.72. The van der Waals surface area contributed by atoms with Gasteiger partial charge in [0, 0.05) is 19.5 Å². The molecule has 1 aliphatic heterocycles. The lowest BCUT2D eigenvalue weighted by atomic mass is 10.0. The number of fused-ring (bicyclic) bond motifs is 1. The van der Waals surface area contributed by atoms with Crippen molar-refractivity contribution in [1.82, 2.24) is 0 Å². The minimum Gasteiger partial charge on any atom is -0.422 e. The number of hydrogen-bond donors (Lipinski definition) is 0. The lowest BCUT2D eigenvalue weighted by molar-refractivity contribution is -0.118. The van der Waals surface area contributed by atoms with Gasteiger partial charge in [0.15, 0.2) is 0 Å². The summed E-state index contributed by atoms with van der Waals surface area (Å²) >= 11 is 3.43. The molecule has 22 heavy (non-hydrogen) atoms. The van der Waals surface area contributed by atoms with Gasteiger partial charge in [-0.25, -0.2) is 4.79 Å². The molecule has 1 aliphatic rings. The van der Waals surface area contributed by atoms with Crippen LogP contribution in [-0.4, -0.2) is 18.9 Å². The highest BCUT2D eigenvalue weighted by atomic mass is 79.9. The first-order chi connectivity index (χ1) is 10.6. The van der Waals surface area contributed by atoms with Crippen LogP contribution in [0.25, 0.3) is 0 Å². The summed E-state index contributed by atoms with van der Waals surface area (Å²) in [6, 6.07) is 12.4. The van der Waals surface area contributed by atoms with Crippen molar-refractivity contribution >= 4 is 33.5 Å². The van der Waals surface area contributed by atoms with E-state index in [9.17, 15) is 9.59 Å². The Kier molecular flexibility index (Phi) is 3.98. The van der Waals surface area contributed by atoms with Crippen LogP contribution in [-0.2, 0) is 11.2 Å². The summed E-state index contributed by atoms with van der Waals surface area (Å²) in [7, 11) is 1.73. The van der Waals surface area contributed by atoms with Crippen molar-refractivity contribution in [2.45, 2.75) is 12.8 Å². The average Bonchev–Trinajstić information content (AvgIpc) is 2.53. The number of halogens is 1. The molecule has 0 fully saturated rings. The van der Waals surface area contributed by atoms with E-state index in [1.54, 1.807) is 42.3 Å². The van der Waals surface area contributed by atoms with Crippen molar-refractivity contribution in [3.05, 3.63) is 58.1 Å². The van der Waals surface area contributed by atoms with Crippen molar-refractivity contribution in [3.8, 4) is 5.75 Å². The number of hydrogen-bond acceptors (Lipinski definition) is 3. The summed E-state index contributed by atoms with van der Waals surface area (Å²) in [5.74, 6) is 0.0513. The second-order valence-electron chi connectivity index (χ2n) is 5.12. The van der Waals surface area contributed by atoms with E-state index >= 15 is 0 Å². The average molecular weight is 360 g/mol. The summed E-state index contributed by atoms with van der Waals surface area (Å²) < 4.78 is 6.16. The van der Waals surface area contributed by atoms with E-state index in [0.717, 1.165) is 11.3 Å². The number of nitrogens with zero attached hydrogens (tertiary/aromatic N) is 1. The zero-order valence-electron chi connectivity index (χ0n) is 12.0. The van der Waals surface area contributed by atoms with Crippen molar-refractivity contribution in [2.75, 3.05) is 11.9 Å². The third-order valence-electron chi connectivity index (χ3n) is 3.69. The molecule has 1 heterocycles. The van der Waals surface area contributed by atoms with E-state index in [4.69, 9.17) is 4.74 Å². The highest BCUT2D eigenvalue weighted by Gasteiger charge is 2.23. The largest absolute Gasteiger partial charge is 0.422 e. The van der Waals surface area contributed by atoms with Gasteiger partial charge in [-0.2, -0.15) is 0 Å². The van der Waals surface area contributed by atoms with E-state index < -0.39 is 5.97 Å². The van der Waals surface area contributed by atoms with E-state index in [0.29, 0.717) is 28.6 Å². The Morgan fingerprint density at radius 1 is 1.18 bits per heavy atom. The summed E-state index contributed by atoms with van der Waals surface area (Å²) in [5.41, 5.74) is 2.33. The minimum atomic E-state index is -0.425. The van der Waals surface area contributed by atoms with Crippen LogP contribution in [0.1, 0.15) is 22.3 Å². The Morgan fingerprint density at radius 2 is 1.91 bits per heavy atom. The molecule has 0 saturated carbocycles. The topological polar surface area (TPSA) is 46.6 Å². The van der Waals surface area contributed by atoms with Gasteiger partial charge < -0.3 is 9.64 Å². The standard InChI is InChI=1S/C17H14BrNO3/c1-19-14-10-15(13(18)9-12(14)7-8-16(19)20)22-17(21)11-5-3-2-4-6-11/h2-6,9-10H,7-8H2,1H3. The third kappa shape index (κ3) is 2.76. The van der Waals surface area contributed by atoms with E-state index in [2.05, 4.69) is 15.9 Å². The lowest BCUT2D eigenvalue weighted by Gasteiger charge is -2.26. The molecule has 2 aromatic rings. The summed E-state index contributed by atoms with van der Waals surface area (Å²) in [5, 5.41) is 0. The number of esters is 1. The molecule has 1 amide bonds. The second kappa shape index (κ2) is 5.93. The van der Waals surface area contributed by atoms with E-state index in [1.807, 2.05) is 12.1 Å². The smallest absolute Gasteiger partial charge is 0.343 e. The number of aryl methyl sites for hydroxylation is 1. The van der Waals surface area contributed by atoms with Gasteiger partial charge in [0.05, 0.1) is 15.7 Å². The van der Waals surface area contributed by atoms with Gasteiger partial charge in [-0.3, -0.25) is 4.79 Å². The Hall–Kier alpha value is -2.14. The lowest BCUT2D eigenvalue weighted by Crippen LogP contribution is -2.31. The van der Waals surface area contributed by atoms with E-state index in [1.165, 1.54) is 0 Å². The molecular weight excluding hydrogens is 346 g/mol. The molecule has 0 aliphatic carbocycles. The molecule has 4 nitrogen and oxygen atoms in total. The molecule has 0 spiro atoms. The van der Waals surface area contributed by atoms with Gasteiger partial charge in [-0.15, -0.1) is 0 Å². The van der Waals surface area contributed by atoms with Gasteiger partial charge in [-0.05, 0) is 46.1 Å². The molecule has 0 N–H and O–H groups in total. The molecule has 0 bridgehead atoms.